The van der Waals surface area contributed by atoms with E-state index in [-0.39, 0.29) is 6.10 Å². The van der Waals surface area contributed by atoms with Gasteiger partial charge in [0.25, 0.3) is 0 Å². The van der Waals surface area contributed by atoms with E-state index < -0.39 is 0 Å². The molecule has 13 heavy (non-hydrogen) atoms. The van der Waals surface area contributed by atoms with Gasteiger partial charge in [0.05, 0.1) is 12.7 Å². The van der Waals surface area contributed by atoms with E-state index in [0.29, 0.717) is 0 Å². The molecule has 0 aliphatic rings. The summed E-state index contributed by atoms with van der Waals surface area (Å²) in [6, 6.07) is 0. The number of rotatable bonds is 8. The molecule has 0 saturated heterocycles. The molecule has 2 atom stereocenters. The second kappa shape index (κ2) is 8.52. The first-order valence-electron chi connectivity index (χ1n) is 5.31. The smallest absolute Gasteiger partial charge is 0.0776 e. The molecule has 0 aromatic rings. The summed E-state index contributed by atoms with van der Waals surface area (Å²) < 4.78 is 10.5. The van der Waals surface area contributed by atoms with Crippen LogP contribution in [0.25, 0.3) is 0 Å². The fourth-order valence-electron chi connectivity index (χ4n) is 1.06. The molecule has 0 saturated carbocycles. The molecule has 0 spiro atoms. The molecule has 2 nitrogen and oxygen atoms in total. The highest BCUT2D eigenvalue weighted by atomic mass is 16.5. The molecular weight excluding hydrogens is 164 g/mol. The van der Waals surface area contributed by atoms with E-state index in [1.807, 2.05) is 6.92 Å². The van der Waals surface area contributed by atoms with Crippen LogP contribution in [-0.4, -0.2) is 26.4 Å². The van der Waals surface area contributed by atoms with Gasteiger partial charge >= 0.3 is 0 Å². The van der Waals surface area contributed by atoms with Gasteiger partial charge in [-0.2, -0.15) is 0 Å². The van der Waals surface area contributed by atoms with Crippen molar-refractivity contribution in [1.82, 2.24) is 0 Å². The van der Waals surface area contributed by atoms with Gasteiger partial charge in [0, 0.05) is 13.7 Å². The summed E-state index contributed by atoms with van der Waals surface area (Å²) in [5.41, 5.74) is 0. The van der Waals surface area contributed by atoms with Crippen LogP contribution in [0.2, 0.25) is 0 Å². The van der Waals surface area contributed by atoms with Gasteiger partial charge in [-0.15, -0.1) is 0 Å². The highest BCUT2D eigenvalue weighted by Crippen LogP contribution is 2.08. The Balaban J connectivity index is 3.08. The zero-order valence-corrected chi connectivity index (χ0v) is 9.51. The Morgan fingerprint density at radius 1 is 1.23 bits per heavy atom. The third-order valence-electron chi connectivity index (χ3n) is 2.44. The molecule has 0 amide bonds. The Bertz CT molecular complexity index is 92.3. The minimum Gasteiger partial charge on any atom is -0.379 e. The summed E-state index contributed by atoms with van der Waals surface area (Å²) in [5.74, 6) is 0.837. The van der Waals surface area contributed by atoms with Gasteiger partial charge in [-0.3, -0.25) is 0 Å². The Hall–Kier alpha value is -0.0800. The summed E-state index contributed by atoms with van der Waals surface area (Å²) in [5, 5.41) is 0. The van der Waals surface area contributed by atoms with Crippen LogP contribution in [0.4, 0.5) is 0 Å². The third-order valence-corrected chi connectivity index (χ3v) is 2.44. The SMILES string of the molecule is CCC(C)CCCOCC(C)OC. The predicted octanol–water partition coefficient (Wildman–Crippen LogP) is 2.86. The molecule has 2 unspecified atom stereocenters. The molecular formula is C11H24O2. The normalized spacial score (nSPS) is 15.7. The summed E-state index contributed by atoms with van der Waals surface area (Å²) in [6.07, 6.45) is 3.95. The van der Waals surface area contributed by atoms with Gasteiger partial charge in [-0.1, -0.05) is 20.3 Å². The van der Waals surface area contributed by atoms with E-state index in [4.69, 9.17) is 9.47 Å². The van der Waals surface area contributed by atoms with Crippen LogP contribution in [0.1, 0.15) is 40.0 Å². The highest BCUT2D eigenvalue weighted by Gasteiger charge is 2.00. The summed E-state index contributed by atoms with van der Waals surface area (Å²) in [4.78, 5) is 0. The molecule has 0 fully saturated rings. The lowest BCUT2D eigenvalue weighted by Gasteiger charge is -2.11. The zero-order chi connectivity index (χ0) is 10.1. The Labute approximate surface area is 82.6 Å². The third kappa shape index (κ3) is 8.26. The van der Waals surface area contributed by atoms with Crippen LogP contribution in [-0.2, 0) is 9.47 Å². The van der Waals surface area contributed by atoms with Crippen LogP contribution >= 0.6 is 0 Å². The maximum absolute atomic E-state index is 5.46. The standard InChI is InChI=1S/C11H24O2/c1-5-10(2)7-6-8-13-9-11(3)12-4/h10-11H,5-9H2,1-4H3. The number of hydrogen-bond donors (Lipinski definition) is 0. The van der Waals surface area contributed by atoms with Crippen LogP contribution in [0.5, 0.6) is 0 Å². The monoisotopic (exact) mass is 188 g/mol. The molecule has 80 valence electrons. The Kier molecular flexibility index (Phi) is 8.46. The zero-order valence-electron chi connectivity index (χ0n) is 9.51. The predicted molar refractivity (Wildman–Crippen MR) is 56.0 cm³/mol. The summed E-state index contributed by atoms with van der Waals surface area (Å²) >= 11 is 0. The molecule has 0 N–H and O–H groups in total. The fraction of sp³-hybridized carbons (Fsp3) is 1.00. The lowest BCUT2D eigenvalue weighted by molar-refractivity contribution is 0.0167. The number of methoxy groups -OCH3 is 1. The molecule has 2 heteroatoms. The summed E-state index contributed by atoms with van der Waals surface area (Å²) in [7, 11) is 1.72. The van der Waals surface area contributed by atoms with Crippen LogP contribution < -0.4 is 0 Å². The minimum absolute atomic E-state index is 0.226. The molecule has 0 aromatic carbocycles. The first-order valence-corrected chi connectivity index (χ1v) is 5.31. The molecule has 0 bridgehead atoms. The van der Waals surface area contributed by atoms with Crippen LogP contribution in [0.3, 0.4) is 0 Å². The minimum atomic E-state index is 0.226. The van der Waals surface area contributed by atoms with Crippen molar-refractivity contribution >= 4 is 0 Å². The lowest BCUT2D eigenvalue weighted by Crippen LogP contribution is -2.14. The summed E-state index contributed by atoms with van der Waals surface area (Å²) in [6.45, 7) is 8.14. The maximum atomic E-state index is 5.46. The first kappa shape index (κ1) is 12.9. The van der Waals surface area contributed by atoms with Gasteiger partial charge in [-0.05, 0) is 25.7 Å². The van der Waals surface area contributed by atoms with Crippen molar-refractivity contribution in [2.75, 3.05) is 20.3 Å². The second-order valence-corrected chi connectivity index (χ2v) is 3.78. The Morgan fingerprint density at radius 2 is 1.92 bits per heavy atom. The Morgan fingerprint density at radius 3 is 2.46 bits per heavy atom. The van der Waals surface area contributed by atoms with Crippen molar-refractivity contribution in [3.05, 3.63) is 0 Å². The lowest BCUT2D eigenvalue weighted by atomic mass is 10.0. The number of hydrogen-bond acceptors (Lipinski definition) is 2. The van der Waals surface area contributed by atoms with Crippen LogP contribution in [0, 0.1) is 5.92 Å². The van der Waals surface area contributed by atoms with Gasteiger partial charge < -0.3 is 9.47 Å². The topological polar surface area (TPSA) is 18.5 Å². The largest absolute Gasteiger partial charge is 0.379 e. The first-order chi connectivity index (χ1) is 6.20. The van der Waals surface area contributed by atoms with Crippen molar-refractivity contribution in [3.63, 3.8) is 0 Å². The second-order valence-electron chi connectivity index (χ2n) is 3.78. The maximum Gasteiger partial charge on any atom is 0.0776 e. The average molecular weight is 188 g/mol. The van der Waals surface area contributed by atoms with Crippen molar-refractivity contribution in [1.29, 1.82) is 0 Å². The molecule has 0 aliphatic heterocycles. The fourth-order valence-corrected chi connectivity index (χ4v) is 1.06. The van der Waals surface area contributed by atoms with Gasteiger partial charge in [0.15, 0.2) is 0 Å². The van der Waals surface area contributed by atoms with E-state index in [0.717, 1.165) is 19.1 Å². The van der Waals surface area contributed by atoms with Crippen LogP contribution in [0.15, 0.2) is 0 Å². The van der Waals surface area contributed by atoms with E-state index >= 15 is 0 Å². The molecule has 0 rings (SSSR count). The van der Waals surface area contributed by atoms with Crippen molar-refractivity contribution in [2.24, 2.45) is 5.92 Å². The number of ether oxygens (including phenoxy) is 2. The highest BCUT2D eigenvalue weighted by molar-refractivity contribution is 4.50. The van der Waals surface area contributed by atoms with E-state index in [1.54, 1.807) is 7.11 Å². The molecule has 0 aliphatic carbocycles. The molecule has 0 heterocycles. The van der Waals surface area contributed by atoms with Crippen molar-refractivity contribution in [3.8, 4) is 0 Å². The molecule has 0 radical (unpaired) electrons. The average Bonchev–Trinajstić information content (AvgIpc) is 2.16. The van der Waals surface area contributed by atoms with Crippen molar-refractivity contribution < 1.29 is 9.47 Å². The van der Waals surface area contributed by atoms with Crippen molar-refractivity contribution in [2.45, 2.75) is 46.1 Å². The van der Waals surface area contributed by atoms with Gasteiger partial charge in [0.1, 0.15) is 0 Å². The van der Waals surface area contributed by atoms with Gasteiger partial charge in [0.2, 0.25) is 0 Å². The van der Waals surface area contributed by atoms with E-state index in [9.17, 15) is 0 Å². The quantitative estimate of drug-likeness (QED) is 0.545. The van der Waals surface area contributed by atoms with Gasteiger partial charge in [-0.25, -0.2) is 0 Å². The van der Waals surface area contributed by atoms with E-state index in [2.05, 4.69) is 13.8 Å². The van der Waals surface area contributed by atoms with E-state index in [1.165, 1.54) is 19.3 Å². The molecule has 0 aromatic heterocycles.